The number of alkyl halides is 3. The summed E-state index contributed by atoms with van der Waals surface area (Å²) in [7, 11) is 0. The molecule has 1 heterocycles. The van der Waals surface area contributed by atoms with Crippen LogP contribution in [0.1, 0.15) is 42.7 Å². The number of rotatable bonds is 4. The molecule has 1 saturated carbocycles. The lowest BCUT2D eigenvalue weighted by Crippen LogP contribution is -2.28. The second-order valence-corrected chi connectivity index (χ2v) is 7.83. The Morgan fingerprint density at radius 1 is 1.06 bits per heavy atom. The molecule has 2 aromatic carbocycles. The molecule has 1 fully saturated rings. The number of carbonyl (C=O) groups excluding carboxylic acids is 1. The largest absolute Gasteiger partial charge is 0.416 e. The van der Waals surface area contributed by atoms with E-state index in [0.717, 1.165) is 41.8 Å². The number of carbonyl (C=O) groups is 1. The Bertz CT molecular complexity index is 1050. The summed E-state index contributed by atoms with van der Waals surface area (Å²) < 4.78 is 52.2. The van der Waals surface area contributed by atoms with Crippen molar-refractivity contribution < 1.29 is 22.4 Å². The van der Waals surface area contributed by atoms with Crippen molar-refractivity contribution in [2.24, 2.45) is 5.92 Å². The lowest BCUT2D eigenvalue weighted by atomic mass is 9.77. The van der Waals surface area contributed by atoms with Gasteiger partial charge >= 0.3 is 6.18 Å². The number of hydrogen-bond acceptors (Lipinski definition) is 2. The maximum atomic E-state index is 14.1. The number of nitrogens with one attached hydrogen (secondary N) is 2. The van der Waals surface area contributed by atoms with Crippen LogP contribution < -0.4 is 5.32 Å². The molecule has 3 aromatic rings. The number of anilines is 1. The highest BCUT2D eigenvalue weighted by molar-refractivity contribution is 5.92. The zero-order chi connectivity index (χ0) is 22.0. The van der Waals surface area contributed by atoms with E-state index in [1.54, 1.807) is 6.20 Å². The molecule has 2 unspecified atom stereocenters. The van der Waals surface area contributed by atoms with Crippen LogP contribution in [0.3, 0.4) is 0 Å². The van der Waals surface area contributed by atoms with Gasteiger partial charge in [0.25, 0.3) is 0 Å². The Morgan fingerprint density at radius 3 is 2.48 bits per heavy atom. The average molecular weight is 431 g/mol. The average Bonchev–Trinajstić information content (AvgIpc) is 3.29. The molecule has 0 aliphatic heterocycles. The van der Waals surface area contributed by atoms with Gasteiger partial charge in [-0.1, -0.05) is 30.7 Å². The Labute approximate surface area is 176 Å². The highest BCUT2D eigenvalue weighted by Gasteiger charge is 2.32. The summed E-state index contributed by atoms with van der Waals surface area (Å²) in [5.41, 5.74) is 1.75. The summed E-state index contributed by atoms with van der Waals surface area (Å²) in [5, 5.41) is 9.33. The van der Waals surface area contributed by atoms with E-state index in [1.807, 2.05) is 30.3 Å². The normalized spacial score (nSPS) is 19.2. The first-order valence-corrected chi connectivity index (χ1v) is 10.1. The minimum Gasteiger partial charge on any atom is -0.323 e. The van der Waals surface area contributed by atoms with Crippen molar-refractivity contribution in [2.45, 2.75) is 37.8 Å². The SMILES string of the molecule is O=C(Nc1ccc(C(F)(F)F)cc1F)C1CCCC(c2ccc(-c3ccn[nH]3)cc2)C1. The fraction of sp³-hybridized carbons (Fsp3) is 0.304. The molecule has 0 spiro atoms. The lowest BCUT2D eigenvalue weighted by molar-refractivity contribution is -0.137. The van der Waals surface area contributed by atoms with E-state index < -0.39 is 17.6 Å². The van der Waals surface area contributed by atoms with Gasteiger partial charge in [-0.05, 0) is 60.6 Å². The number of benzene rings is 2. The minimum absolute atomic E-state index is 0.192. The molecule has 162 valence electrons. The van der Waals surface area contributed by atoms with E-state index in [1.165, 1.54) is 0 Å². The first kappa shape index (κ1) is 21.1. The second-order valence-electron chi connectivity index (χ2n) is 7.83. The molecule has 1 aliphatic rings. The van der Waals surface area contributed by atoms with Gasteiger partial charge in [-0.25, -0.2) is 4.39 Å². The molecule has 1 aromatic heterocycles. The van der Waals surface area contributed by atoms with Crippen molar-refractivity contribution in [1.29, 1.82) is 0 Å². The third kappa shape index (κ3) is 4.78. The standard InChI is InChI=1S/C23H21F4N3O/c24-19-13-18(23(25,26)27)8-9-21(19)29-22(31)17-3-1-2-16(12-17)14-4-6-15(7-5-14)20-10-11-28-30-20/h4-11,13,16-17H,1-3,12H2,(H,28,30)(H,29,31). The van der Waals surface area contributed by atoms with Gasteiger partial charge in [0.2, 0.25) is 5.91 Å². The van der Waals surface area contributed by atoms with Crippen LogP contribution in [-0.4, -0.2) is 16.1 Å². The molecule has 0 saturated heterocycles. The van der Waals surface area contributed by atoms with Crippen molar-refractivity contribution >= 4 is 11.6 Å². The molecular formula is C23H21F4N3O. The van der Waals surface area contributed by atoms with E-state index in [9.17, 15) is 22.4 Å². The zero-order valence-corrected chi connectivity index (χ0v) is 16.5. The fourth-order valence-corrected chi connectivity index (χ4v) is 4.11. The smallest absolute Gasteiger partial charge is 0.323 e. The molecule has 31 heavy (non-hydrogen) atoms. The quantitative estimate of drug-likeness (QED) is 0.487. The molecule has 4 nitrogen and oxygen atoms in total. The van der Waals surface area contributed by atoms with Crippen LogP contribution in [0.25, 0.3) is 11.3 Å². The predicted octanol–water partition coefficient (Wildman–Crippen LogP) is 6.15. The van der Waals surface area contributed by atoms with E-state index in [2.05, 4.69) is 15.5 Å². The molecule has 2 N–H and O–H groups in total. The molecule has 2 atom stereocenters. The number of H-pyrrole nitrogens is 1. The number of halogens is 4. The highest BCUT2D eigenvalue weighted by atomic mass is 19.4. The third-order valence-corrected chi connectivity index (χ3v) is 5.79. The second kappa shape index (κ2) is 8.53. The van der Waals surface area contributed by atoms with Gasteiger partial charge in [-0.2, -0.15) is 18.3 Å². The van der Waals surface area contributed by atoms with Crippen LogP contribution in [0.15, 0.2) is 54.7 Å². The minimum atomic E-state index is -4.63. The van der Waals surface area contributed by atoms with Crippen molar-refractivity contribution in [3.05, 3.63) is 71.7 Å². The number of aromatic amines is 1. The summed E-state index contributed by atoms with van der Waals surface area (Å²) in [4.78, 5) is 12.7. The van der Waals surface area contributed by atoms with Gasteiger partial charge in [-0.3, -0.25) is 9.89 Å². The summed E-state index contributed by atoms with van der Waals surface area (Å²) in [6, 6.07) is 12.1. The first-order valence-electron chi connectivity index (χ1n) is 10.1. The van der Waals surface area contributed by atoms with Gasteiger partial charge in [0, 0.05) is 12.1 Å². The maximum absolute atomic E-state index is 14.1. The Morgan fingerprint density at radius 2 is 1.84 bits per heavy atom. The number of amides is 1. The van der Waals surface area contributed by atoms with Crippen LogP contribution in [0, 0.1) is 11.7 Å². The highest BCUT2D eigenvalue weighted by Crippen LogP contribution is 2.38. The predicted molar refractivity (Wildman–Crippen MR) is 109 cm³/mol. The van der Waals surface area contributed by atoms with Gasteiger partial charge in [0.15, 0.2) is 0 Å². The third-order valence-electron chi connectivity index (χ3n) is 5.79. The van der Waals surface area contributed by atoms with Crippen LogP contribution in [0.2, 0.25) is 0 Å². The molecule has 1 aliphatic carbocycles. The first-order chi connectivity index (χ1) is 14.8. The molecular weight excluding hydrogens is 410 g/mol. The van der Waals surface area contributed by atoms with Gasteiger partial charge < -0.3 is 5.32 Å². The van der Waals surface area contributed by atoms with Crippen molar-refractivity contribution in [1.82, 2.24) is 10.2 Å². The Kier molecular flexibility index (Phi) is 5.80. The lowest BCUT2D eigenvalue weighted by Gasteiger charge is -2.29. The monoisotopic (exact) mass is 431 g/mol. The van der Waals surface area contributed by atoms with Crippen LogP contribution in [0.5, 0.6) is 0 Å². The summed E-state index contributed by atoms with van der Waals surface area (Å²) >= 11 is 0. The summed E-state index contributed by atoms with van der Waals surface area (Å²) in [6.07, 6.45) is 0.122. The van der Waals surface area contributed by atoms with Gasteiger partial charge in [-0.15, -0.1) is 0 Å². The van der Waals surface area contributed by atoms with Crippen LogP contribution >= 0.6 is 0 Å². The van der Waals surface area contributed by atoms with Crippen molar-refractivity contribution in [2.75, 3.05) is 5.32 Å². The van der Waals surface area contributed by atoms with Crippen LogP contribution in [0.4, 0.5) is 23.2 Å². The summed E-state index contributed by atoms with van der Waals surface area (Å²) in [6.45, 7) is 0. The molecule has 0 radical (unpaired) electrons. The van der Waals surface area contributed by atoms with E-state index >= 15 is 0 Å². The van der Waals surface area contributed by atoms with E-state index in [-0.39, 0.29) is 23.4 Å². The summed E-state index contributed by atoms with van der Waals surface area (Å²) in [5.74, 6) is -1.59. The topological polar surface area (TPSA) is 57.8 Å². The molecule has 1 amide bonds. The van der Waals surface area contributed by atoms with Gasteiger partial charge in [0.05, 0.1) is 16.9 Å². The Balaban J connectivity index is 1.42. The molecule has 8 heteroatoms. The fourth-order valence-electron chi connectivity index (χ4n) is 4.11. The Hall–Kier alpha value is -3.16. The van der Waals surface area contributed by atoms with Gasteiger partial charge in [0.1, 0.15) is 5.82 Å². The maximum Gasteiger partial charge on any atom is 0.416 e. The number of nitrogens with zero attached hydrogens (tertiary/aromatic N) is 1. The van der Waals surface area contributed by atoms with Crippen molar-refractivity contribution in [3.63, 3.8) is 0 Å². The van der Waals surface area contributed by atoms with E-state index in [0.29, 0.717) is 18.9 Å². The van der Waals surface area contributed by atoms with E-state index in [4.69, 9.17) is 0 Å². The number of hydrogen-bond donors (Lipinski definition) is 2. The zero-order valence-electron chi connectivity index (χ0n) is 16.5. The molecule has 0 bridgehead atoms. The van der Waals surface area contributed by atoms with Crippen molar-refractivity contribution in [3.8, 4) is 11.3 Å². The number of aromatic nitrogens is 2. The molecule has 4 rings (SSSR count). The van der Waals surface area contributed by atoms with Crippen LogP contribution in [-0.2, 0) is 11.0 Å².